The van der Waals surface area contributed by atoms with E-state index in [9.17, 15) is 4.79 Å². The zero-order chi connectivity index (χ0) is 22.2. The van der Waals surface area contributed by atoms with Crippen molar-refractivity contribution in [3.8, 4) is 11.5 Å². The van der Waals surface area contributed by atoms with E-state index in [-0.39, 0.29) is 5.91 Å². The fourth-order valence-corrected chi connectivity index (χ4v) is 3.28. The molecule has 3 aromatic rings. The normalized spacial score (nSPS) is 11.0. The van der Waals surface area contributed by atoms with Gasteiger partial charge in [-0.05, 0) is 61.9 Å². The van der Waals surface area contributed by atoms with Gasteiger partial charge in [-0.3, -0.25) is 9.48 Å². The molecule has 0 aliphatic rings. The molecule has 0 saturated carbocycles. The Morgan fingerprint density at radius 2 is 1.97 bits per heavy atom. The molecule has 1 amide bonds. The molecular weight excluding hydrogens is 458 g/mol. The summed E-state index contributed by atoms with van der Waals surface area (Å²) >= 11 is 3.41. The Morgan fingerprint density at radius 3 is 2.65 bits per heavy atom. The topological polar surface area (TPSA) is 65.4 Å². The standard InChI is InChI=1S/C24H26BrN3O3/c1-4-28-15-20(17(2)27-28)14-26-24(29)12-6-18-5-11-23(30-3)19(13-18)16-31-22-9-7-21(25)8-10-22/h5-13,15H,4,14,16H2,1-3H3,(H,26,29)/b12-6+. The highest BCUT2D eigenvalue weighted by molar-refractivity contribution is 9.10. The molecule has 1 heterocycles. The Bertz CT molecular complexity index is 1060. The highest BCUT2D eigenvalue weighted by Crippen LogP contribution is 2.23. The number of carbonyl (C=O) groups is 1. The van der Waals surface area contributed by atoms with Gasteiger partial charge >= 0.3 is 0 Å². The predicted octanol–water partition coefficient (Wildman–Crippen LogP) is 4.89. The number of halogens is 1. The smallest absolute Gasteiger partial charge is 0.244 e. The fraction of sp³-hybridized carbons (Fsp3) is 0.250. The molecule has 0 atom stereocenters. The van der Waals surface area contributed by atoms with Crippen LogP contribution in [0.4, 0.5) is 0 Å². The molecule has 31 heavy (non-hydrogen) atoms. The molecule has 1 N–H and O–H groups in total. The quantitative estimate of drug-likeness (QED) is 0.440. The Kier molecular flexibility index (Phi) is 7.89. The Hall–Kier alpha value is -3.06. The van der Waals surface area contributed by atoms with Crippen LogP contribution in [0, 0.1) is 6.92 Å². The summed E-state index contributed by atoms with van der Waals surface area (Å²) in [6.07, 6.45) is 5.27. The number of carbonyl (C=O) groups excluding carboxylic acids is 1. The van der Waals surface area contributed by atoms with E-state index in [0.29, 0.717) is 13.2 Å². The van der Waals surface area contributed by atoms with Crippen molar-refractivity contribution in [3.63, 3.8) is 0 Å². The van der Waals surface area contributed by atoms with Crippen molar-refractivity contribution in [2.75, 3.05) is 7.11 Å². The van der Waals surface area contributed by atoms with Gasteiger partial charge in [0.1, 0.15) is 18.1 Å². The number of hydrogen-bond acceptors (Lipinski definition) is 4. The number of amides is 1. The van der Waals surface area contributed by atoms with Crippen molar-refractivity contribution in [1.82, 2.24) is 15.1 Å². The summed E-state index contributed by atoms with van der Waals surface area (Å²) in [6.45, 7) is 5.59. The molecule has 0 fully saturated rings. The van der Waals surface area contributed by atoms with Gasteiger partial charge in [0.2, 0.25) is 5.91 Å². The Balaban J connectivity index is 1.61. The number of ether oxygens (including phenoxy) is 2. The monoisotopic (exact) mass is 483 g/mol. The van der Waals surface area contributed by atoms with Gasteiger partial charge in [-0.25, -0.2) is 0 Å². The van der Waals surface area contributed by atoms with E-state index in [4.69, 9.17) is 9.47 Å². The first-order chi connectivity index (χ1) is 15.0. The van der Waals surface area contributed by atoms with Gasteiger partial charge in [-0.15, -0.1) is 0 Å². The number of aryl methyl sites for hydroxylation is 2. The van der Waals surface area contributed by atoms with Crippen LogP contribution in [0.1, 0.15) is 29.3 Å². The maximum absolute atomic E-state index is 12.2. The van der Waals surface area contributed by atoms with Gasteiger partial charge in [0.15, 0.2) is 0 Å². The molecule has 0 radical (unpaired) electrons. The van der Waals surface area contributed by atoms with Crippen LogP contribution in [0.3, 0.4) is 0 Å². The summed E-state index contributed by atoms with van der Waals surface area (Å²) in [6, 6.07) is 13.4. The molecular formula is C24H26BrN3O3. The summed E-state index contributed by atoms with van der Waals surface area (Å²) in [5.74, 6) is 1.35. The van der Waals surface area contributed by atoms with Crippen LogP contribution in [0.25, 0.3) is 6.08 Å². The highest BCUT2D eigenvalue weighted by Gasteiger charge is 2.07. The summed E-state index contributed by atoms with van der Waals surface area (Å²) < 4.78 is 14.2. The van der Waals surface area contributed by atoms with E-state index in [1.807, 2.05) is 67.2 Å². The number of rotatable bonds is 9. The molecule has 0 spiro atoms. The maximum Gasteiger partial charge on any atom is 0.244 e. The molecule has 2 aromatic carbocycles. The minimum Gasteiger partial charge on any atom is -0.496 e. The first-order valence-electron chi connectivity index (χ1n) is 10.0. The SMILES string of the molecule is CCn1cc(CNC(=O)/C=C/c2ccc(OC)c(COc3ccc(Br)cc3)c2)c(C)n1. The number of aromatic nitrogens is 2. The molecule has 0 bridgehead atoms. The fourth-order valence-electron chi connectivity index (χ4n) is 3.01. The Labute approximate surface area is 191 Å². The van der Waals surface area contributed by atoms with E-state index in [0.717, 1.165) is 44.9 Å². The predicted molar refractivity (Wildman–Crippen MR) is 125 cm³/mol. The minimum atomic E-state index is -0.160. The van der Waals surface area contributed by atoms with Gasteiger partial charge in [-0.2, -0.15) is 5.10 Å². The van der Waals surface area contributed by atoms with Gasteiger partial charge < -0.3 is 14.8 Å². The number of nitrogens with one attached hydrogen (secondary N) is 1. The van der Waals surface area contributed by atoms with Crippen molar-refractivity contribution in [2.24, 2.45) is 0 Å². The van der Waals surface area contributed by atoms with Gasteiger partial charge in [-0.1, -0.05) is 22.0 Å². The number of hydrogen-bond donors (Lipinski definition) is 1. The second-order valence-electron chi connectivity index (χ2n) is 6.96. The molecule has 0 aliphatic carbocycles. The molecule has 1 aromatic heterocycles. The van der Waals surface area contributed by atoms with E-state index in [2.05, 4.69) is 26.3 Å². The van der Waals surface area contributed by atoms with Gasteiger partial charge in [0.05, 0.1) is 12.8 Å². The minimum absolute atomic E-state index is 0.160. The lowest BCUT2D eigenvalue weighted by atomic mass is 10.1. The molecule has 3 rings (SSSR count). The first-order valence-corrected chi connectivity index (χ1v) is 10.8. The van der Waals surface area contributed by atoms with Crippen LogP contribution in [0.2, 0.25) is 0 Å². The van der Waals surface area contributed by atoms with Crippen LogP contribution >= 0.6 is 15.9 Å². The first kappa shape index (κ1) is 22.6. The number of methoxy groups -OCH3 is 1. The van der Waals surface area contributed by atoms with E-state index < -0.39 is 0 Å². The van der Waals surface area contributed by atoms with Gasteiger partial charge in [0.25, 0.3) is 0 Å². The average Bonchev–Trinajstić information content (AvgIpc) is 3.15. The number of nitrogens with zero attached hydrogens (tertiary/aromatic N) is 2. The second-order valence-corrected chi connectivity index (χ2v) is 7.88. The average molecular weight is 484 g/mol. The second kappa shape index (κ2) is 10.8. The van der Waals surface area contributed by atoms with E-state index in [1.54, 1.807) is 13.2 Å². The van der Waals surface area contributed by atoms with Crippen LogP contribution in [-0.2, 0) is 24.5 Å². The molecule has 0 unspecified atom stereocenters. The zero-order valence-corrected chi connectivity index (χ0v) is 19.5. The van der Waals surface area contributed by atoms with Crippen LogP contribution in [-0.4, -0.2) is 22.8 Å². The molecule has 162 valence electrons. The summed E-state index contributed by atoms with van der Waals surface area (Å²) in [7, 11) is 1.63. The highest BCUT2D eigenvalue weighted by atomic mass is 79.9. The van der Waals surface area contributed by atoms with Gasteiger partial charge in [0, 0.05) is 41.0 Å². The van der Waals surface area contributed by atoms with Crippen molar-refractivity contribution in [3.05, 3.63) is 81.6 Å². The van der Waals surface area contributed by atoms with E-state index >= 15 is 0 Å². The molecule has 0 aliphatic heterocycles. The molecule has 0 saturated heterocycles. The van der Waals surface area contributed by atoms with E-state index in [1.165, 1.54) is 6.08 Å². The lowest BCUT2D eigenvalue weighted by Gasteiger charge is -2.11. The van der Waals surface area contributed by atoms with Crippen molar-refractivity contribution in [2.45, 2.75) is 33.5 Å². The van der Waals surface area contributed by atoms with Crippen LogP contribution < -0.4 is 14.8 Å². The van der Waals surface area contributed by atoms with Crippen LogP contribution in [0.5, 0.6) is 11.5 Å². The third-order valence-corrected chi connectivity index (χ3v) is 5.29. The lowest BCUT2D eigenvalue weighted by Crippen LogP contribution is -2.20. The van der Waals surface area contributed by atoms with Crippen molar-refractivity contribution in [1.29, 1.82) is 0 Å². The summed E-state index contributed by atoms with van der Waals surface area (Å²) in [4.78, 5) is 12.2. The third-order valence-electron chi connectivity index (χ3n) is 4.76. The number of benzene rings is 2. The van der Waals surface area contributed by atoms with Crippen LogP contribution in [0.15, 0.2) is 59.2 Å². The van der Waals surface area contributed by atoms with Crippen molar-refractivity contribution < 1.29 is 14.3 Å². The Morgan fingerprint density at radius 1 is 1.19 bits per heavy atom. The zero-order valence-electron chi connectivity index (χ0n) is 17.9. The largest absolute Gasteiger partial charge is 0.496 e. The maximum atomic E-state index is 12.2. The third kappa shape index (κ3) is 6.46. The summed E-state index contributed by atoms with van der Waals surface area (Å²) in [5, 5.41) is 7.30. The van der Waals surface area contributed by atoms with Crippen molar-refractivity contribution >= 4 is 27.9 Å². The summed E-state index contributed by atoms with van der Waals surface area (Å²) in [5.41, 5.74) is 3.73. The molecule has 6 nitrogen and oxygen atoms in total. The molecule has 7 heteroatoms. The lowest BCUT2D eigenvalue weighted by molar-refractivity contribution is -0.116.